The van der Waals surface area contributed by atoms with E-state index in [2.05, 4.69) is 38.0 Å². The third-order valence-electron chi connectivity index (χ3n) is 5.06. The van der Waals surface area contributed by atoms with E-state index in [1.807, 2.05) is 78.6 Å². The van der Waals surface area contributed by atoms with Gasteiger partial charge in [-0.25, -0.2) is 9.97 Å². The number of halogens is 1. The maximum absolute atomic E-state index is 6.12. The van der Waals surface area contributed by atoms with Crippen molar-refractivity contribution in [2.24, 2.45) is 7.05 Å². The minimum atomic E-state index is 0.482. The molecule has 0 saturated carbocycles. The second kappa shape index (κ2) is 8.32. The lowest BCUT2D eigenvalue weighted by Crippen LogP contribution is -1.97. The zero-order valence-corrected chi connectivity index (χ0v) is 18.5. The summed E-state index contributed by atoms with van der Waals surface area (Å²) >= 11 is 3.63. The van der Waals surface area contributed by atoms with Crippen LogP contribution in [0.2, 0.25) is 0 Å². The first-order valence-electron chi connectivity index (χ1n) is 9.89. The van der Waals surface area contributed by atoms with Gasteiger partial charge >= 0.3 is 0 Å². The SMILES string of the molecule is Cn1cc(-c2ncnc3cc(Br)c(OCc4ccccc4)cc23)c(-c2ccccc2)n1. The van der Waals surface area contributed by atoms with Crippen LogP contribution in [-0.2, 0) is 13.7 Å². The molecule has 0 aliphatic rings. The average molecular weight is 471 g/mol. The predicted molar refractivity (Wildman–Crippen MR) is 126 cm³/mol. The van der Waals surface area contributed by atoms with Crippen LogP contribution in [0.5, 0.6) is 5.75 Å². The number of aromatic nitrogens is 4. The van der Waals surface area contributed by atoms with Gasteiger partial charge in [0.25, 0.3) is 0 Å². The van der Waals surface area contributed by atoms with E-state index in [1.165, 1.54) is 0 Å². The van der Waals surface area contributed by atoms with Crippen LogP contribution in [0, 0.1) is 0 Å². The Balaban J connectivity index is 1.61. The van der Waals surface area contributed by atoms with Gasteiger partial charge in [-0.05, 0) is 33.6 Å². The monoisotopic (exact) mass is 470 g/mol. The van der Waals surface area contributed by atoms with Gasteiger partial charge in [-0.3, -0.25) is 4.68 Å². The number of aryl methyl sites for hydroxylation is 1. The smallest absolute Gasteiger partial charge is 0.134 e. The van der Waals surface area contributed by atoms with Gasteiger partial charge < -0.3 is 4.74 Å². The standard InChI is InChI=1S/C25H19BrN4O/c1-30-14-20(24(29-30)18-10-6-3-7-11-18)25-19-12-23(21(26)13-22(19)27-16-28-25)31-15-17-8-4-2-5-9-17/h2-14,16H,15H2,1H3. The van der Waals surface area contributed by atoms with E-state index in [4.69, 9.17) is 9.84 Å². The average Bonchev–Trinajstić information content (AvgIpc) is 3.20. The van der Waals surface area contributed by atoms with Crippen LogP contribution in [0.1, 0.15) is 5.56 Å². The normalized spacial score (nSPS) is 11.0. The third-order valence-corrected chi connectivity index (χ3v) is 5.68. The molecule has 2 heterocycles. The lowest BCUT2D eigenvalue weighted by atomic mass is 10.0. The van der Waals surface area contributed by atoms with E-state index in [9.17, 15) is 0 Å². The Kier molecular flexibility index (Phi) is 5.22. The molecule has 5 nitrogen and oxygen atoms in total. The number of hydrogen-bond donors (Lipinski definition) is 0. The molecule has 31 heavy (non-hydrogen) atoms. The van der Waals surface area contributed by atoms with Crippen LogP contribution < -0.4 is 4.74 Å². The van der Waals surface area contributed by atoms with Crippen molar-refractivity contribution in [3.63, 3.8) is 0 Å². The molecule has 0 atom stereocenters. The van der Waals surface area contributed by atoms with E-state index in [1.54, 1.807) is 6.33 Å². The van der Waals surface area contributed by atoms with Crippen LogP contribution in [-0.4, -0.2) is 19.7 Å². The summed E-state index contributed by atoms with van der Waals surface area (Å²) in [6, 6.07) is 24.2. The molecule has 0 unspecified atom stereocenters. The van der Waals surface area contributed by atoms with Gasteiger partial charge in [-0.15, -0.1) is 0 Å². The molecule has 5 rings (SSSR count). The summed E-state index contributed by atoms with van der Waals surface area (Å²) in [5.41, 5.74) is 5.66. The molecule has 0 spiro atoms. The van der Waals surface area contributed by atoms with Gasteiger partial charge in [0.2, 0.25) is 0 Å². The topological polar surface area (TPSA) is 52.8 Å². The summed E-state index contributed by atoms with van der Waals surface area (Å²) < 4.78 is 8.79. The summed E-state index contributed by atoms with van der Waals surface area (Å²) in [6.45, 7) is 0.482. The predicted octanol–water partition coefficient (Wildman–Crippen LogP) is 6.04. The minimum Gasteiger partial charge on any atom is -0.488 e. The van der Waals surface area contributed by atoms with Crippen LogP contribution >= 0.6 is 15.9 Å². The summed E-state index contributed by atoms with van der Waals surface area (Å²) in [4.78, 5) is 9.10. The summed E-state index contributed by atoms with van der Waals surface area (Å²) in [6.07, 6.45) is 3.59. The Morgan fingerprint density at radius 2 is 1.65 bits per heavy atom. The highest BCUT2D eigenvalue weighted by Gasteiger charge is 2.17. The number of nitrogens with zero attached hydrogens (tertiary/aromatic N) is 4. The number of rotatable bonds is 5. The van der Waals surface area contributed by atoms with Crippen molar-refractivity contribution in [1.82, 2.24) is 19.7 Å². The maximum Gasteiger partial charge on any atom is 0.134 e. The summed E-state index contributed by atoms with van der Waals surface area (Å²) in [5, 5.41) is 5.61. The Bertz CT molecular complexity index is 1350. The van der Waals surface area contributed by atoms with Crippen LogP contribution in [0.3, 0.4) is 0 Å². The molecular formula is C25H19BrN4O. The maximum atomic E-state index is 6.12. The highest BCUT2D eigenvalue weighted by molar-refractivity contribution is 9.10. The molecule has 0 bridgehead atoms. The van der Waals surface area contributed by atoms with Gasteiger partial charge in [-0.2, -0.15) is 5.10 Å². The molecule has 0 saturated heterocycles. The molecule has 5 aromatic rings. The van der Waals surface area contributed by atoms with Gasteiger partial charge in [0.15, 0.2) is 0 Å². The Morgan fingerprint density at radius 3 is 2.42 bits per heavy atom. The fourth-order valence-electron chi connectivity index (χ4n) is 3.59. The quantitative estimate of drug-likeness (QED) is 0.314. The first-order valence-corrected chi connectivity index (χ1v) is 10.7. The van der Waals surface area contributed by atoms with Crippen LogP contribution in [0.4, 0.5) is 0 Å². The molecule has 2 aromatic heterocycles. The molecule has 0 aliphatic heterocycles. The van der Waals surface area contributed by atoms with E-state index < -0.39 is 0 Å². The fraction of sp³-hybridized carbons (Fsp3) is 0.0800. The third kappa shape index (κ3) is 3.94. The van der Waals surface area contributed by atoms with Crippen LogP contribution in [0.15, 0.2) is 89.8 Å². The lowest BCUT2D eigenvalue weighted by Gasteiger charge is -2.11. The first kappa shape index (κ1) is 19.5. The largest absolute Gasteiger partial charge is 0.488 e. The number of hydrogen-bond acceptors (Lipinski definition) is 4. The van der Waals surface area contributed by atoms with Crippen molar-refractivity contribution in [3.05, 3.63) is 95.4 Å². The number of benzene rings is 3. The van der Waals surface area contributed by atoms with E-state index in [0.717, 1.165) is 49.2 Å². The highest BCUT2D eigenvalue weighted by atomic mass is 79.9. The molecule has 6 heteroatoms. The van der Waals surface area contributed by atoms with Crippen molar-refractivity contribution in [2.75, 3.05) is 0 Å². The second-order valence-corrected chi connectivity index (χ2v) is 8.08. The molecule has 152 valence electrons. The molecule has 0 aliphatic carbocycles. The molecule has 3 aromatic carbocycles. The second-order valence-electron chi connectivity index (χ2n) is 7.23. The number of fused-ring (bicyclic) bond motifs is 1. The van der Waals surface area contributed by atoms with Gasteiger partial charge in [-0.1, -0.05) is 60.7 Å². The summed E-state index contributed by atoms with van der Waals surface area (Å²) in [7, 11) is 1.92. The molecular weight excluding hydrogens is 452 g/mol. The Morgan fingerprint density at radius 1 is 0.903 bits per heavy atom. The highest BCUT2D eigenvalue weighted by Crippen LogP contribution is 2.37. The van der Waals surface area contributed by atoms with Crippen molar-refractivity contribution in [2.45, 2.75) is 6.61 Å². The lowest BCUT2D eigenvalue weighted by molar-refractivity contribution is 0.304. The zero-order chi connectivity index (χ0) is 21.2. The zero-order valence-electron chi connectivity index (χ0n) is 16.9. The van der Waals surface area contributed by atoms with Crippen molar-refractivity contribution in [3.8, 4) is 28.3 Å². The molecule has 0 fully saturated rings. The first-order chi connectivity index (χ1) is 15.2. The van der Waals surface area contributed by atoms with Gasteiger partial charge in [0.05, 0.1) is 15.7 Å². The Hall–Kier alpha value is -3.51. The molecule has 0 amide bonds. The van der Waals surface area contributed by atoms with E-state index >= 15 is 0 Å². The van der Waals surface area contributed by atoms with Crippen molar-refractivity contribution < 1.29 is 4.74 Å². The van der Waals surface area contributed by atoms with Crippen LogP contribution in [0.25, 0.3) is 33.4 Å². The van der Waals surface area contributed by atoms with Crippen molar-refractivity contribution >= 4 is 26.8 Å². The van der Waals surface area contributed by atoms with E-state index in [0.29, 0.717) is 6.61 Å². The minimum absolute atomic E-state index is 0.482. The van der Waals surface area contributed by atoms with Gasteiger partial charge in [0.1, 0.15) is 24.4 Å². The fourth-order valence-corrected chi connectivity index (χ4v) is 4.04. The number of ether oxygens (including phenoxy) is 1. The van der Waals surface area contributed by atoms with Crippen molar-refractivity contribution in [1.29, 1.82) is 0 Å². The van der Waals surface area contributed by atoms with Gasteiger partial charge in [0, 0.05) is 29.8 Å². The molecule has 0 N–H and O–H groups in total. The summed E-state index contributed by atoms with van der Waals surface area (Å²) in [5.74, 6) is 0.748. The Labute approximate surface area is 188 Å². The van der Waals surface area contributed by atoms with E-state index in [-0.39, 0.29) is 0 Å². The molecule has 0 radical (unpaired) electrons.